The Labute approximate surface area is 160 Å². The highest BCUT2D eigenvalue weighted by Gasteiger charge is 2.30. The Hall–Kier alpha value is -1.15. The number of carbonyl (C=O) groups excluding carboxylic acids is 1. The Kier molecular flexibility index (Phi) is 5.91. The van der Waals surface area contributed by atoms with Crippen molar-refractivity contribution in [2.24, 2.45) is 5.92 Å². The number of benzene rings is 1. The normalized spacial score (nSPS) is 23.2. The van der Waals surface area contributed by atoms with Gasteiger partial charge in [0.15, 0.2) is 0 Å². The van der Waals surface area contributed by atoms with Crippen molar-refractivity contribution in [3.05, 3.63) is 28.8 Å². The van der Waals surface area contributed by atoms with E-state index in [1.807, 2.05) is 7.05 Å². The molecule has 0 bridgehead atoms. The average Bonchev–Trinajstić information content (AvgIpc) is 2.62. The van der Waals surface area contributed by atoms with E-state index in [-0.39, 0.29) is 16.4 Å². The summed E-state index contributed by atoms with van der Waals surface area (Å²) in [6.07, 6.45) is 2.07. The molecule has 1 amide bonds. The first-order chi connectivity index (χ1) is 12.3. The van der Waals surface area contributed by atoms with Crippen LogP contribution in [0.15, 0.2) is 23.1 Å². The molecule has 0 unspecified atom stereocenters. The van der Waals surface area contributed by atoms with E-state index < -0.39 is 10.0 Å². The van der Waals surface area contributed by atoms with Crippen LogP contribution in [-0.4, -0.2) is 74.7 Å². The Morgan fingerprint density at radius 1 is 1.15 bits per heavy atom. The van der Waals surface area contributed by atoms with Crippen molar-refractivity contribution in [3.63, 3.8) is 0 Å². The Bertz CT molecular complexity index is 776. The zero-order valence-electron chi connectivity index (χ0n) is 15.3. The highest BCUT2D eigenvalue weighted by atomic mass is 35.5. The molecule has 144 valence electrons. The number of sulfonamides is 1. The average molecular weight is 400 g/mol. The summed E-state index contributed by atoms with van der Waals surface area (Å²) in [7, 11) is -1.65. The van der Waals surface area contributed by atoms with Gasteiger partial charge in [-0.3, -0.25) is 4.79 Å². The first kappa shape index (κ1) is 19.6. The molecule has 2 aliphatic heterocycles. The molecular formula is C18H26ClN3O3S. The molecule has 2 heterocycles. The Balaban J connectivity index is 1.86. The summed E-state index contributed by atoms with van der Waals surface area (Å²) in [6, 6.07) is 4.45. The lowest BCUT2D eigenvalue weighted by Crippen LogP contribution is -2.47. The summed E-state index contributed by atoms with van der Waals surface area (Å²) >= 11 is 6.24. The first-order valence-electron chi connectivity index (χ1n) is 9.06. The van der Waals surface area contributed by atoms with Gasteiger partial charge in [-0.2, -0.15) is 4.31 Å². The van der Waals surface area contributed by atoms with E-state index in [4.69, 9.17) is 11.6 Å². The molecule has 0 aromatic heterocycles. The van der Waals surface area contributed by atoms with Gasteiger partial charge in [0.2, 0.25) is 10.0 Å². The molecule has 2 saturated heterocycles. The topological polar surface area (TPSA) is 60.9 Å². The van der Waals surface area contributed by atoms with Gasteiger partial charge in [0.1, 0.15) is 0 Å². The second-order valence-corrected chi connectivity index (χ2v) is 9.69. The van der Waals surface area contributed by atoms with Crippen molar-refractivity contribution in [3.8, 4) is 0 Å². The number of piperidine rings is 1. The largest absolute Gasteiger partial charge is 0.338 e. The van der Waals surface area contributed by atoms with Crippen molar-refractivity contribution in [2.45, 2.75) is 24.7 Å². The number of halogens is 1. The van der Waals surface area contributed by atoms with Crippen LogP contribution in [0.2, 0.25) is 5.02 Å². The Morgan fingerprint density at radius 2 is 1.85 bits per heavy atom. The molecule has 1 aromatic carbocycles. The quantitative estimate of drug-likeness (QED) is 0.781. The summed E-state index contributed by atoms with van der Waals surface area (Å²) in [6.45, 7) is 5.80. The fraction of sp³-hybridized carbons (Fsp3) is 0.611. The lowest BCUT2D eigenvalue weighted by Gasteiger charge is -2.32. The molecule has 1 aromatic rings. The van der Waals surface area contributed by atoms with Crippen molar-refractivity contribution in [1.82, 2.24) is 14.1 Å². The van der Waals surface area contributed by atoms with E-state index in [9.17, 15) is 13.2 Å². The van der Waals surface area contributed by atoms with E-state index in [0.29, 0.717) is 50.2 Å². The fourth-order valence-electron chi connectivity index (χ4n) is 3.55. The third kappa shape index (κ3) is 4.06. The van der Waals surface area contributed by atoms with Crippen LogP contribution < -0.4 is 0 Å². The Morgan fingerprint density at radius 3 is 2.50 bits per heavy atom. The molecular weight excluding hydrogens is 374 g/mol. The number of likely N-dealkylation sites (N-methyl/N-ethyl adjacent to an activating group) is 1. The number of rotatable bonds is 3. The van der Waals surface area contributed by atoms with E-state index in [2.05, 4.69) is 11.8 Å². The van der Waals surface area contributed by atoms with E-state index in [1.165, 1.54) is 22.5 Å². The third-order valence-corrected chi connectivity index (χ3v) is 7.44. The number of piperazine rings is 1. The molecule has 26 heavy (non-hydrogen) atoms. The summed E-state index contributed by atoms with van der Waals surface area (Å²) < 4.78 is 27.4. The number of carbonyl (C=O) groups is 1. The van der Waals surface area contributed by atoms with Crippen LogP contribution >= 0.6 is 11.6 Å². The van der Waals surface area contributed by atoms with Crippen LogP contribution in [0.1, 0.15) is 30.1 Å². The van der Waals surface area contributed by atoms with Gasteiger partial charge >= 0.3 is 0 Å². The molecule has 0 saturated carbocycles. The SMILES string of the molecule is C[C@H]1CCCN(C(=O)c2cc(S(=O)(=O)N3CCN(C)CC3)ccc2Cl)C1. The highest BCUT2D eigenvalue weighted by molar-refractivity contribution is 7.89. The summed E-state index contributed by atoms with van der Waals surface area (Å²) in [4.78, 5) is 16.9. The van der Waals surface area contributed by atoms with E-state index in [0.717, 1.165) is 12.8 Å². The third-order valence-electron chi connectivity index (χ3n) is 5.21. The minimum Gasteiger partial charge on any atom is -0.338 e. The molecule has 1 atom stereocenters. The zero-order valence-corrected chi connectivity index (χ0v) is 16.9. The number of hydrogen-bond donors (Lipinski definition) is 0. The molecule has 2 aliphatic rings. The van der Waals surface area contributed by atoms with Gasteiger partial charge in [0.05, 0.1) is 15.5 Å². The summed E-state index contributed by atoms with van der Waals surface area (Å²) in [5.74, 6) is 0.265. The maximum absolute atomic E-state index is 12.9. The number of nitrogens with zero attached hydrogens (tertiary/aromatic N) is 3. The van der Waals surface area contributed by atoms with Gasteiger partial charge in [0.25, 0.3) is 5.91 Å². The second-order valence-electron chi connectivity index (χ2n) is 7.35. The summed E-state index contributed by atoms with van der Waals surface area (Å²) in [5, 5.41) is 0.297. The smallest absolute Gasteiger partial charge is 0.255 e. The van der Waals surface area contributed by atoms with E-state index in [1.54, 1.807) is 4.90 Å². The molecule has 6 nitrogen and oxygen atoms in total. The van der Waals surface area contributed by atoms with Crippen molar-refractivity contribution in [1.29, 1.82) is 0 Å². The van der Waals surface area contributed by atoms with Gasteiger partial charge in [0, 0.05) is 39.3 Å². The second kappa shape index (κ2) is 7.84. The molecule has 0 aliphatic carbocycles. The number of amides is 1. The first-order valence-corrected chi connectivity index (χ1v) is 10.9. The van der Waals surface area contributed by atoms with Gasteiger partial charge in [-0.1, -0.05) is 18.5 Å². The van der Waals surface area contributed by atoms with Crippen molar-refractivity contribution < 1.29 is 13.2 Å². The molecule has 0 radical (unpaired) electrons. The van der Waals surface area contributed by atoms with Crippen LogP contribution in [0.5, 0.6) is 0 Å². The van der Waals surface area contributed by atoms with Crippen LogP contribution in [0.3, 0.4) is 0 Å². The van der Waals surface area contributed by atoms with E-state index >= 15 is 0 Å². The van der Waals surface area contributed by atoms with Gasteiger partial charge in [-0.25, -0.2) is 8.42 Å². The van der Waals surface area contributed by atoms with Crippen LogP contribution in [0.25, 0.3) is 0 Å². The highest BCUT2D eigenvalue weighted by Crippen LogP contribution is 2.26. The van der Waals surface area contributed by atoms with Gasteiger partial charge < -0.3 is 9.80 Å². The van der Waals surface area contributed by atoms with Crippen LogP contribution in [0.4, 0.5) is 0 Å². The molecule has 0 spiro atoms. The monoisotopic (exact) mass is 399 g/mol. The fourth-order valence-corrected chi connectivity index (χ4v) is 5.20. The standard InChI is InChI=1S/C18H26ClN3O3S/c1-14-4-3-7-21(13-14)18(23)16-12-15(5-6-17(16)19)26(24,25)22-10-8-20(2)9-11-22/h5-6,12,14H,3-4,7-11,13H2,1-2H3/t14-/m0/s1. The van der Waals surface area contributed by atoms with Crippen molar-refractivity contribution in [2.75, 3.05) is 46.3 Å². The van der Waals surface area contributed by atoms with Gasteiger partial charge in [-0.05, 0) is 44.0 Å². The van der Waals surface area contributed by atoms with Gasteiger partial charge in [-0.15, -0.1) is 0 Å². The molecule has 8 heteroatoms. The lowest BCUT2D eigenvalue weighted by atomic mass is 9.99. The molecule has 0 N–H and O–H groups in total. The maximum atomic E-state index is 12.9. The summed E-state index contributed by atoms with van der Waals surface area (Å²) in [5.41, 5.74) is 0.274. The minimum atomic E-state index is -3.62. The number of hydrogen-bond acceptors (Lipinski definition) is 4. The van der Waals surface area contributed by atoms with Crippen LogP contribution in [-0.2, 0) is 10.0 Å². The lowest BCUT2D eigenvalue weighted by molar-refractivity contribution is 0.0683. The molecule has 2 fully saturated rings. The van der Waals surface area contributed by atoms with Crippen LogP contribution in [0, 0.1) is 5.92 Å². The maximum Gasteiger partial charge on any atom is 0.255 e. The number of likely N-dealkylation sites (tertiary alicyclic amines) is 1. The zero-order chi connectivity index (χ0) is 18.9. The minimum absolute atomic E-state index is 0.139. The van der Waals surface area contributed by atoms with Crippen molar-refractivity contribution >= 4 is 27.5 Å². The predicted molar refractivity (Wildman–Crippen MR) is 102 cm³/mol. The predicted octanol–water partition coefficient (Wildman–Crippen LogP) is 2.15. The molecule has 3 rings (SSSR count).